The molecule has 1 saturated heterocycles. The molecule has 0 bridgehead atoms. The molecule has 1 heterocycles. The Morgan fingerprint density at radius 3 is 2.82 bits per heavy atom. The van der Waals surface area contributed by atoms with Crippen molar-refractivity contribution in [2.75, 3.05) is 6.61 Å². The molecule has 1 rings (SSSR count). The van der Waals surface area contributed by atoms with Crippen molar-refractivity contribution in [1.29, 1.82) is 0 Å². The standard InChI is InChI=1S/C8H17BO2/c1-6-4-9-7(2)8(3,10)11-5-6/h6-7,9-10H,4-5H2,1-3H3. The Labute approximate surface area is 69.2 Å². The second kappa shape index (κ2) is 3.15. The van der Waals surface area contributed by atoms with E-state index in [9.17, 15) is 5.11 Å². The van der Waals surface area contributed by atoms with Gasteiger partial charge in [0.25, 0.3) is 0 Å². The first kappa shape index (κ1) is 9.08. The quantitative estimate of drug-likeness (QED) is 0.530. The fourth-order valence-corrected chi connectivity index (χ4v) is 1.34. The first-order valence-electron chi connectivity index (χ1n) is 4.38. The molecular weight excluding hydrogens is 139 g/mol. The summed E-state index contributed by atoms with van der Waals surface area (Å²) in [5.41, 5.74) is 0. The Morgan fingerprint density at radius 1 is 1.55 bits per heavy atom. The Balaban J connectivity index is 2.56. The summed E-state index contributed by atoms with van der Waals surface area (Å²) in [5.74, 6) is -0.0519. The summed E-state index contributed by atoms with van der Waals surface area (Å²) in [6.45, 7) is 6.65. The molecule has 0 aromatic carbocycles. The largest absolute Gasteiger partial charge is 0.366 e. The molecule has 0 amide bonds. The van der Waals surface area contributed by atoms with Crippen LogP contribution in [0.25, 0.3) is 0 Å². The Kier molecular flexibility index (Phi) is 2.60. The van der Waals surface area contributed by atoms with E-state index in [2.05, 4.69) is 6.92 Å². The average Bonchev–Trinajstić information content (AvgIpc) is 2.03. The third-order valence-electron chi connectivity index (χ3n) is 2.67. The van der Waals surface area contributed by atoms with Gasteiger partial charge in [0.1, 0.15) is 7.28 Å². The monoisotopic (exact) mass is 156 g/mol. The number of rotatable bonds is 0. The minimum Gasteiger partial charge on any atom is -0.366 e. The molecule has 3 atom stereocenters. The highest BCUT2D eigenvalue weighted by molar-refractivity contribution is 6.38. The summed E-state index contributed by atoms with van der Waals surface area (Å²) in [6, 6.07) is 0. The van der Waals surface area contributed by atoms with Gasteiger partial charge in [0.15, 0.2) is 5.79 Å². The van der Waals surface area contributed by atoms with E-state index in [1.807, 2.05) is 6.92 Å². The zero-order valence-electron chi connectivity index (χ0n) is 7.63. The van der Waals surface area contributed by atoms with Crippen LogP contribution in [0.4, 0.5) is 0 Å². The molecular formula is C8H17BO2. The van der Waals surface area contributed by atoms with Gasteiger partial charge in [0, 0.05) is 0 Å². The van der Waals surface area contributed by atoms with Crippen LogP contribution in [0.2, 0.25) is 12.1 Å². The topological polar surface area (TPSA) is 29.5 Å². The molecule has 1 aliphatic heterocycles. The minimum atomic E-state index is -0.898. The van der Waals surface area contributed by atoms with E-state index >= 15 is 0 Å². The first-order valence-corrected chi connectivity index (χ1v) is 4.38. The zero-order valence-corrected chi connectivity index (χ0v) is 7.63. The van der Waals surface area contributed by atoms with Crippen LogP contribution >= 0.6 is 0 Å². The van der Waals surface area contributed by atoms with Crippen LogP contribution in [-0.4, -0.2) is 24.8 Å². The van der Waals surface area contributed by atoms with Gasteiger partial charge >= 0.3 is 0 Å². The number of ether oxygens (including phenoxy) is 1. The third-order valence-corrected chi connectivity index (χ3v) is 2.67. The molecule has 0 aromatic heterocycles. The Bertz CT molecular complexity index is 136. The van der Waals surface area contributed by atoms with Gasteiger partial charge in [-0.2, -0.15) is 0 Å². The van der Waals surface area contributed by atoms with E-state index in [0.717, 1.165) is 13.6 Å². The highest BCUT2D eigenvalue weighted by Crippen LogP contribution is 2.29. The van der Waals surface area contributed by atoms with Gasteiger partial charge in [-0.1, -0.05) is 20.2 Å². The molecule has 0 aliphatic carbocycles. The molecule has 1 N–H and O–H groups in total. The first-order chi connectivity index (χ1) is 5.02. The molecule has 2 nitrogen and oxygen atoms in total. The zero-order chi connectivity index (χ0) is 8.48. The van der Waals surface area contributed by atoms with Crippen molar-refractivity contribution in [1.82, 2.24) is 0 Å². The van der Waals surface area contributed by atoms with Gasteiger partial charge in [-0.25, -0.2) is 0 Å². The molecule has 3 unspecified atom stereocenters. The second-order valence-electron chi connectivity index (χ2n) is 3.95. The van der Waals surface area contributed by atoms with Crippen LogP contribution in [0, 0.1) is 5.92 Å². The third kappa shape index (κ3) is 2.21. The Hall–Kier alpha value is -0.0151. The number of hydrogen-bond acceptors (Lipinski definition) is 2. The van der Waals surface area contributed by atoms with Crippen LogP contribution in [0.15, 0.2) is 0 Å². The van der Waals surface area contributed by atoms with Crippen LogP contribution < -0.4 is 0 Å². The highest BCUT2D eigenvalue weighted by atomic mass is 16.6. The normalized spacial score (nSPS) is 46.2. The molecule has 64 valence electrons. The fraction of sp³-hybridized carbons (Fsp3) is 1.00. The van der Waals surface area contributed by atoms with Crippen molar-refractivity contribution in [3.63, 3.8) is 0 Å². The lowest BCUT2D eigenvalue weighted by molar-refractivity contribution is -0.192. The van der Waals surface area contributed by atoms with Crippen LogP contribution in [0.1, 0.15) is 20.8 Å². The smallest absolute Gasteiger partial charge is 0.158 e. The predicted octanol–water partition coefficient (Wildman–Crippen LogP) is 1.02. The average molecular weight is 156 g/mol. The molecule has 3 heteroatoms. The van der Waals surface area contributed by atoms with E-state index in [-0.39, 0.29) is 5.82 Å². The lowest BCUT2D eigenvalue weighted by atomic mass is 9.58. The van der Waals surface area contributed by atoms with Gasteiger partial charge in [-0.05, 0) is 18.7 Å². The predicted molar refractivity (Wildman–Crippen MR) is 47.1 cm³/mol. The van der Waals surface area contributed by atoms with E-state index < -0.39 is 5.79 Å². The second-order valence-corrected chi connectivity index (χ2v) is 3.95. The summed E-state index contributed by atoms with van der Waals surface area (Å²) in [6.07, 6.45) is 1.16. The van der Waals surface area contributed by atoms with E-state index in [1.54, 1.807) is 6.92 Å². The van der Waals surface area contributed by atoms with Crippen molar-refractivity contribution in [3.8, 4) is 0 Å². The van der Waals surface area contributed by atoms with Crippen molar-refractivity contribution in [2.24, 2.45) is 5.92 Å². The van der Waals surface area contributed by atoms with Gasteiger partial charge < -0.3 is 9.84 Å². The van der Waals surface area contributed by atoms with Crippen molar-refractivity contribution >= 4 is 7.28 Å². The van der Waals surface area contributed by atoms with Gasteiger partial charge in [0.2, 0.25) is 0 Å². The summed E-state index contributed by atoms with van der Waals surface area (Å²) < 4.78 is 5.37. The maximum absolute atomic E-state index is 9.72. The van der Waals surface area contributed by atoms with E-state index in [1.165, 1.54) is 0 Å². The lowest BCUT2D eigenvalue weighted by Crippen LogP contribution is -2.33. The van der Waals surface area contributed by atoms with E-state index in [4.69, 9.17) is 4.74 Å². The molecule has 0 aromatic rings. The van der Waals surface area contributed by atoms with Gasteiger partial charge in [-0.3, -0.25) is 0 Å². The maximum Gasteiger partial charge on any atom is 0.158 e. The maximum atomic E-state index is 9.72. The summed E-state index contributed by atoms with van der Waals surface area (Å²) in [4.78, 5) is 0. The van der Waals surface area contributed by atoms with Crippen LogP contribution in [0.5, 0.6) is 0 Å². The van der Waals surface area contributed by atoms with Crippen LogP contribution in [-0.2, 0) is 4.74 Å². The molecule has 0 radical (unpaired) electrons. The minimum absolute atomic E-state index is 0.257. The fourth-order valence-electron chi connectivity index (χ4n) is 1.34. The SMILES string of the molecule is CC1CBC(C)C(C)(O)OC1. The number of hydrogen-bond donors (Lipinski definition) is 1. The van der Waals surface area contributed by atoms with Gasteiger partial charge in [-0.15, -0.1) is 0 Å². The van der Waals surface area contributed by atoms with Crippen molar-refractivity contribution < 1.29 is 9.84 Å². The number of aliphatic hydroxyl groups is 1. The summed E-state index contributed by atoms with van der Waals surface area (Å²) in [7, 11) is 1.06. The van der Waals surface area contributed by atoms with Crippen molar-refractivity contribution in [2.45, 2.75) is 38.7 Å². The lowest BCUT2D eigenvalue weighted by Gasteiger charge is -2.27. The van der Waals surface area contributed by atoms with Gasteiger partial charge in [0.05, 0.1) is 6.61 Å². The summed E-state index contributed by atoms with van der Waals surface area (Å²) in [5, 5.41) is 9.72. The summed E-state index contributed by atoms with van der Waals surface area (Å²) >= 11 is 0. The molecule has 11 heavy (non-hydrogen) atoms. The highest BCUT2D eigenvalue weighted by Gasteiger charge is 2.32. The molecule has 0 saturated carbocycles. The molecule has 1 fully saturated rings. The van der Waals surface area contributed by atoms with Crippen LogP contribution in [0.3, 0.4) is 0 Å². The molecule has 0 spiro atoms. The Morgan fingerprint density at radius 2 is 2.18 bits per heavy atom. The van der Waals surface area contributed by atoms with E-state index in [0.29, 0.717) is 12.5 Å². The van der Waals surface area contributed by atoms with Crippen molar-refractivity contribution in [3.05, 3.63) is 0 Å². The molecule has 1 aliphatic rings.